The molecule has 0 aromatic carbocycles. The topological polar surface area (TPSA) is 158 Å². The number of hydrogen-bond acceptors (Lipinski definition) is 12. The summed E-state index contributed by atoms with van der Waals surface area (Å²) in [5.74, 6) is -0.188. The quantitative estimate of drug-likeness (QED) is 0.179. The zero-order valence-electron chi connectivity index (χ0n) is 34.2. The Morgan fingerprint density at radius 2 is 1.22 bits per heavy atom. The van der Waals surface area contributed by atoms with Crippen LogP contribution in [0.15, 0.2) is 0 Å². The standard InChI is InChI=1S/C15H22O4.C14H22O4.C13H20O4/c1-4-15(2,3)14(17)19-11-8-5-6-9-10(7-8)13(16)18-12(9)11;1-5-13(2,3)11(15)17-9-6-7-14(4)8-10(9)18-12(14)16;1-4-13(2,3)12(15)17-9-6-5-8-7-10(9)16-11(8)14/h8-12H,4-7H2,1-3H3;9-10H,5-8H2,1-4H3;8-10H,4-7H2,1-3H3. The Kier molecular flexibility index (Phi) is 12.2. The van der Waals surface area contributed by atoms with Gasteiger partial charge in [0.1, 0.15) is 36.6 Å². The van der Waals surface area contributed by atoms with Crippen molar-refractivity contribution in [3.8, 4) is 0 Å². The second-order valence-electron chi connectivity index (χ2n) is 18.9. The first-order chi connectivity index (χ1) is 25.2. The molecule has 0 amide bonds. The van der Waals surface area contributed by atoms with Crippen molar-refractivity contribution in [2.75, 3.05) is 0 Å². The third kappa shape index (κ3) is 8.47. The molecule has 0 N–H and O–H groups in total. The number of esters is 6. The van der Waals surface area contributed by atoms with Gasteiger partial charge in [-0.3, -0.25) is 28.8 Å². The van der Waals surface area contributed by atoms with Gasteiger partial charge in [0.05, 0.1) is 33.5 Å². The molecule has 3 aliphatic heterocycles. The number of rotatable bonds is 9. The van der Waals surface area contributed by atoms with E-state index in [4.69, 9.17) is 28.4 Å². The fraction of sp³-hybridized carbons (Fsp3) is 0.857. The van der Waals surface area contributed by atoms with Crippen molar-refractivity contribution in [3.05, 3.63) is 0 Å². The summed E-state index contributed by atoms with van der Waals surface area (Å²) in [6.45, 7) is 19.2. The number of ether oxygens (including phenoxy) is 6. The predicted molar refractivity (Wildman–Crippen MR) is 195 cm³/mol. The van der Waals surface area contributed by atoms with Gasteiger partial charge in [-0.1, -0.05) is 20.8 Å². The van der Waals surface area contributed by atoms with E-state index >= 15 is 0 Å². The van der Waals surface area contributed by atoms with Crippen molar-refractivity contribution in [3.63, 3.8) is 0 Å². The van der Waals surface area contributed by atoms with E-state index < -0.39 is 16.2 Å². The molecule has 5 aliphatic carbocycles. The molecule has 3 saturated heterocycles. The number of carbonyl (C=O) groups excluding carboxylic acids is 6. The van der Waals surface area contributed by atoms with E-state index in [0.29, 0.717) is 18.8 Å². The second kappa shape index (κ2) is 15.8. The molecular formula is C42H64O12. The van der Waals surface area contributed by atoms with Crippen LogP contribution < -0.4 is 0 Å². The molecular weight excluding hydrogens is 696 g/mol. The normalized spacial score (nSPS) is 36.0. The molecule has 3 heterocycles. The largest absolute Gasteiger partial charge is 0.458 e. The van der Waals surface area contributed by atoms with Crippen LogP contribution in [-0.2, 0) is 57.2 Å². The third-order valence-electron chi connectivity index (χ3n) is 13.9. The fourth-order valence-electron chi connectivity index (χ4n) is 8.41. The Bertz CT molecular complexity index is 1460. The van der Waals surface area contributed by atoms with Crippen LogP contribution >= 0.6 is 0 Å². The molecule has 0 spiro atoms. The predicted octanol–water partition coefficient (Wildman–Crippen LogP) is 6.82. The van der Waals surface area contributed by atoms with Crippen molar-refractivity contribution in [2.24, 2.45) is 45.3 Å². The first-order valence-electron chi connectivity index (χ1n) is 20.4. The first kappa shape index (κ1) is 42.0. The maximum Gasteiger partial charge on any atom is 0.312 e. The van der Waals surface area contributed by atoms with E-state index in [9.17, 15) is 28.8 Å². The molecule has 12 nitrogen and oxygen atoms in total. The van der Waals surface area contributed by atoms with Gasteiger partial charge in [-0.15, -0.1) is 0 Å². The van der Waals surface area contributed by atoms with Crippen LogP contribution in [0.2, 0.25) is 0 Å². The van der Waals surface area contributed by atoms with Crippen LogP contribution in [0, 0.1) is 45.3 Å². The Morgan fingerprint density at radius 3 is 1.80 bits per heavy atom. The molecule has 8 aliphatic rings. The average molecular weight is 761 g/mol. The van der Waals surface area contributed by atoms with Gasteiger partial charge in [-0.05, 0) is 113 Å². The smallest absolute Gasteiger partial charge is 0.312 e. The summed E-state index contributed by atoms with van der Waals surface area (Å²) in [5.41, 5.74) is -1.74. The molecule has 0 radical (unpaired) electrons. The summed E-state index contributed by atoms with van der Waals surface area (Å²) >= 11 is 0. The van der Waals surface area contributed by atoms with Gasteiger partial charge in [0.25, 0.3) is 0 Å². The zero-order valence-corrected chi connectivity index (χ0v) is 34.2. The number of fused-ring (bicyclic) bond motifs is 5. The zero-order chi connectivity index (χ0) is 40.0. The van der Waals surface area contributed by atoms with E-state index in [1.165, 1.54) is 0 Å². The van der Waals surface area contributed by atoms with Gasteiger partial charge in [0, 0.05) is 24.7 Å². The molecule has 304 valence electrons. The summed E-state index contributed by atoms with van der Waals surface area (Å²) in [7, 11) is 0. The highest BCUT2D eigenvalue weighted by atomic mass is 16.6. The molecule has 11 unspecified atom stereocenters. The second-order valence-corrected chi connectivity index (χ2v) is 18.9. The Morgan fingerprint density at radius 1 is 0.667 bits per heavy atom. The van der Waals surface area contributed by atoms with Gasteiger partial charge in [-0.25, -0.2) is 0 Å². The summed E-state index contributed by atoms with van der Waals surface area (Å²) in [6.07, 6.45) is 8.19. The molecule has 54 heavy (non-hydrogen) atoms. The maximum absolute atomic E-state index is 12.2. The SMILES string of the molecule is CCC(C)(C)C(=O)OC1C2CCC3C(C2)C(=O)OC31.CCC(C)(C)C(=O)OC1CCC2(C)CC1OC2=O.CCC(C)(C)C(=O)OC1CCC2CC1OC2=O. The molecule has 12 heteroatoms. The van der Waals surface area contributed by atoms with Gasteiger partial charge in [-0.2, -0.15) is 0 Å². The number of hydrogen-bond donors (Lipinski definition) is 0. The highest BCUT2D eigenvalue weighted by molar-refractivity contribution is 5.80. The lowest BCUT2D eigenvalue weighted by Gasteiger charge is -2.44. The Hall–Kier alpha value is -3.18. The molecule has 8 rings (SSSR count). The summed E-state index contributed by atoms with van der Waals surface area (Å²) < 4.78 is 32.8. The van der Waals surface area contributed by atoms with Gasteiger partial charge < -0.3 is 28.4 Å². The van der Waals surface area contributed by atoms with Crippen LogP contribution in [0.25, 0.3) is 0 Å². The minimum atomic E-state index is -0.469. The lowest BCUT2D eigenvalue weighted by Crippen LogP contribution is -2.51. The van der Waals surface area contributed by atoms with Crippen molar-refractivity contribution >= 4 is 35.8 Å². The van der Waals surface area contributed by atoms with E-state index in [0.717, 1.165) is 64.2 Å². The summed E-state index contributed by atoms with van der Waals surface area (Å²) in [5, 5.41) is 0. The van der Waals surface area contributed by atoms with Gasteiger partial charge in [0.15, 0.2) is 0 Å². The van der Waals surface area contributed by atoms with Crippen molar-refractivity contribution in [2.45, 2.75) is 183 Å². The van der Waals surface area contributed by atoms with E-state index in [2.05, 4.69) is 0 Å². The average Bonchev–Trinajstić information content (AvgIpc) is 3.69. The molecule has 0 aromatic heterocycles. The van der Waals surface area contributed by atoms with E-state index in [1.54, 1.807) is 0 Å². The summed E-state index contributed by atoms with van der Waals surface area (Å²) in [6, 6.07) is 0. The molecule has 0 aromatic rings. The van der Waals surface area contributed by atoms with Crippen molar-refractivity contribution < 1.29 is 57.2 Å². The Labute approximate surface area is 320 Å². The fourth-order valence-corrected chi connectivity index (χ4v) is 8.41. The third-order valence-corrected chi connectivity index (χ3v) is 13.9. The molecule has 8 fully saturated rings. The molecule has 8 bridgehead atoms. The lowest BCUT2D eigenvalue weighted by atomic mass is 9.63. The molecule has 5 saturated carbocycles. The highest BCUT2D eigenvalue weighted by Gasteiger charge is 2.60. The van der Waals surface area contributed by atoms with Gasteiger partial charge in [0.2, 0.25) is 0 Å². The number of carbonyl (C=O) groups is 6. The summed E-state index contributed by atoms with van der Waals surface area (Å²) in [4.78, 5) is 71.1. The van der Waals surface area contributed by atoms with Crippen LogP contribution in [0.3, 0.4) is 0 Å². The van der Waals surface area contributed by atoms with Crippen molar-refractivity contribution in [1.82, 2.24) is 0 Å². The minimum absolute atomic E-state index is 0.0362. The first-order valence-corrected chi connectivity index (χ1v) is 20.4. The van der Waals surface area contributed by atoms with Crippen molar-refractivity contribution in [1.29, 1.82) is 0 Å². The lowest BCUT2D eigenvalue weighted by molar-refractivity contribution is -0.181. The van der Waals surface area contributed by atoms with Crippen LogP contribution in [0.4, 0.5) is 0 Å². The minimum Gasteiger partial charge on any atom is -0.458 e. The van der Waals surface area contributed by atoms with Gasteiger partial charge >= 0.3 is 35.8 Å². The van der Waals surface area contributed by atoms with E-state index in [-0.39, 0.29) is 95.6 Å². The maximum atomic E-state index is 12.2. The molecule has 11 atom stereocenters. The van der Waals surface area contributed by atoms with Crippen LogP contribution in [-0.4, -0.2) is 72.4 Å². The highest BCUT2D eigenvalue weighted by Crippen LogP contribution is 2.52. The van der Waals surface area contributed by atoms with E-state index in [1.807, 2.05) is 69.2 Å². The van der Waals surface area contributed by atoms with Crippen LogP contribution in [0.1, 0.15) is 146 Å². The monoisotopic (exact) mass is 760 g/mol. The Balaban J connectivity index is 0.000000156. The van der Waals surface area contributed by atoms with Crippen LogP contribution in [0.5, 0.6) is 0 Å².